The van der Waals surface area contributed by atoms with Crippen molar-refractivity contribution in [2.24, 2.45) is 0 Å². The molecular formula is C55H51N4OPt-3. The Labute approximate surface area is 375 Å². The number of aromatic nitrogens is 2. The van der Waals surface area contributed by atoms with E-state index in [0.29, 0.717) is 11.5 Å². The van der Waals surface area contributed by atoms with Gasteiger partial charge in [0.1, 0.15) is 5.82 Å². The number of anilines is 2. The standard InChI is InChI=1S/C55H51N4O.Pt/c1-53(2,3)41-22-17-23-43(32-41)58-37-57(36-51(58)55(7,8)40-20-13-10-14-21-40)44-30-39(38-18-11-9-12-19-38)31-46(34-44)60-45-26-27-48-47-24-15-16-25-49(47)59(50(48)35-45)52-33-42(28-29-56-52)54(4,5)6;/h9-33,36-37H,1-8H3;/q-3;. The van der Waals surface area contributed by atoms with Gasteiger partial charge in [-0.05, 0) is 75.0 Å². The summed E-state index contributed by atoms with van der Waals surface area (Å²) in [5, 5.41) is 2.23. The average Bonchev–Trinajstić information content (AvgIpc) is 3.85. The molecule has 6 heteroatoms. The van der Waals surface area contributed by atoms with Crippen LogP contribution < -0.4 is 14.5 Å². The van der Waals surface area contributed by atoms with Crippen LogP contribution in [0.1, 0.15) is 72.1 Å². The molecule has 0 saturated carbocycles. The van der Waals surface area contributed by atoms with Crippen LogP contribution in [-0.4, -0.2) is 9.55 Å². The van der Waals surface area contributed by atoms with Gasteiger partial charge in [0.05, 0.1) is 0 Å². The van der Waals surface area contributed by atoms with Crippen LogP contribution in [-0.2, 0) is 37.3 Å². The number of rotatable bonds is 8. The number of ether oxygens (including phenoxy) is 1. The first-order valence-corrected chi connectivity index (χ1v) is 20.8. The van der Waals surface area contributed by atoms with Crippen molar-refractivity contribution in [1.82, 2.24) is 9.55 Å². The zero-order valence-electron chi connectivity index (χ0n) is 36.1. The van der Waals surface area contributed by atoms with Crippen LogP contribution >= 0.6 is 0 Å². The number of benzene rings is 6. The summed E-state index contributed by atoms with van der Waals surface area (Å²) in [5.74, 6) is 2.04. The van der Waals surface area contributed by atoms with E-state index in [-0.39, 0.29) is 37.3 Å². The van der Waals surface area contributed by atoms with Gasteiger partial charge in [0.25, 0.3) is 0 Å². The molecule has 1 aliphatic heterocycles. The summed E-state index contributed by atoms with van der Waals surface area (Å²) < 4.78 is 9.02. The largest absolute Gasteiger partial charge is 0.509 e. The molecule has 0 saturated heterocycles. The molecule has 1 aliphatic rings. The molecule has 3 heterocycles. The molecule has 0 unspecified atom stereocenters. The van der Waals surface area contributed by atoms with Crippen LogP contribution in [0, 0.1) is 18.8 Å². The SMILES string of the molecule is CC(C)(C)c1cccc(N2[CH-]N(c3[c-]c(Oc4[c-]c5c(cc4)c4ccccc4n5-c4cc(C(C)(C)C)ccn4)cc(-c4ccccc4)c3)C=C2C(C)(C)c2ccccc2)c1.[Pt]. The van der Waals surface area contributed by atoms with Gasteiger partial charge in [0.15, 0.2) is 0 Å². The van der Waals surface area contributed by atoms with E-state index in [2.05, 4.69) is 228 Å². The third kappa shape index (κ3) is 8.17. The van der Waals surface area contributed by atoms with E-state index >= 15 is 0 Å². The van der Waals surface area contributed by atoms with Gasteiger partial charge in [-0.2, -0.15) is 6.07 Å². The predicted octanol–water partition coefficient (Wildman–Crippen LogP) is 14.1. The molecule has 0 spiro atoms. The summed E-state index contributed by atoms with van der Waals surface area (Å²) in [6.07, 6.45) is 4.15. The maximum absolute atomic E-state index is 6.82. The van der Waals surface area contributed by atoms with Crippen molar-refractivity contribution in [3.63, 3.8) is 0 Å². The molecule has 0 radical (unpaired) electrons. The molecule has 0 bridgehead atoms. The van der Waals surface area contributed by atoms with E-state index in [1.807, 2.05) is 18.3 Å². The van der Waals surface area contributed by atoms with Gasteiger partial charge in [-0.3, -0.25) is 0 Å². The van der Waals surface area contributed by atoms with Crippen LogP contribution in [0.3, 0.4) is 0 Å². The van der Waals surface area contributed by atoms with Crippen LogP contribution in [0.2, 0.25) is 0 Å². The number of hydrogen-bond acceptors (Lipinski definition) is 4. The summed E-state index contributed by atoms with van der Waals surface area (Å²) in [4.78, 5) is 9.39. The number of para-hydroxylation sites is 1. The first kappa shape index (κ1) is 41.8. The molecule has 61 heavy (non-hydrogen) atoms. The Morgan fingerprint density at radius 3 is 1.98 bits per heavy atom. The third-order valence-electron chi connectivity index (χ3n) is 11.7. The fourth-order valence-electron chi connectivity index (χ4n) is 8.16. The maximum atomic E-state index is 6.82. The minimum absolute atomic E-state index is 0. The Bertz CT molecular complexity index is 2880. The molecule has 0 amide bonds. The molecule has 2 aromatic heterocycles. The number of fused-ring (bicyclic) bond motifs is 3. The summed E-state index contributed by atoms with van der Waals surface area (Å²) in [7, 11) is 0. The van der Waals surface area contributed by atoms with E-state index in [4.69, 9.17) is 9.72 Å². The summed E-state index contributed by atoms with van der Waals surface area (Å²) in [6, 6.07) is 58.6. The molecular weight excluding hydrogens is 928 g/mol. The summed E-state index contributed by atoms with van der Waals surface area (Å²) >= 11 is 0. The van der Waals surface area contributed by atoms with Crippen LogP contribution in [0.25, 0.3) is 38.8 Å². The number of allylic oxidation sites excluding steroid dienone is 1. The Hall–Kier alpha value is -5.90. The third-order valence-corrected chi connectivity index (χ3v) is 11.7. The molecule has 9 rings (SSSR count). The number of hydrogen-bond donors (Lipinski definition) is 0. The Kier molecular flexibility index (Phi) is 11.1. The quantitative estimate of drug-likeness (QED) is 0.142. The minimum Gasteiger partial charge on any atom is -0.509 e. The van der Waals surface area contributed by atoms with Crippen molar-refractivity contribution >= 4 is 33.2 Å². The van der Waals surface area contributed by atoms with Crippen molar-refractivity contribution in [2.45, 2.75) is 71.6 Å². The zero-order chi connectivity index (χ0) is 41.8. The fourth-order valence-corrected chi connectivity index (χ4v) is 8.16. The second kappa shape index (κ2) is 16.2. The minimum atomic E-state index is -0.329. The first-order valence-electron chi connectivity index (χ1n) is 20.8. The van der Waals surface area contributed by atoms with Crippen LogP contribution in [0.4, 0.5) is 11.4 Å². The number of nitrogens with zero attached hydrogens (tertiary/aromatic N) is 4. The van der Waals surface area contributed by atoms with Gasteiger partial charge in [0, 0.05) is 61.1 Å². The van der Waals surface area contributed by atoms with E-state index in [9.17, 15) is 0 Å². The second-order valence-electron chi connectivity index (χ2n) is 18.4. The summed E-state index contributed by atoms with van der Waals surface area (Å²) in [5.41, 5.74) is 10.6. The molecule has 0 atom stereocenters. The smallest absolute Gasteiger partial charge is 0.135 e. The second-order valence-corrected chi connectivity index (χ2v) is 18.4. The predicted molar refractivity (Wildman–Crippen MR) is 249 cm³/mol. The van der Waals surface area contributed by atoms with Gasteiger partial charge in [0.2, 0.25) is 0 Å². The Morgan fingerprint density at radius 1 is 0.574 bits per heavy atom. The molecule has 0 fully saturated rings. The van der Waals surface area contributed by atoms with Gasteiger partial charge < -0.3 is 19.1 Å². The molecule has 0 N–H and O–H groups in total. The van der Waals surface area contributed by atoms with Crippen molar-refractivity contribution in [3.05, 3.63) is 199 Å². The molecule has 5 nitrogen and oxygen atoms in total. The normalized spacial score (nSPS) is 13.4. The van der Waals surface area contributed by atoms with Crippen LogP contribution in [0.5, 0.6) is 11.5 Å². The van der Waals surface area contributed by atoms with Gasteiger partial charge in [-0.25, -0.2) is 4.98 Å². The molecule has 8 aromatic rings. The van der Waals surface area contributed by atoms with Crippen molar-refractivity contribution in [3.8, 4) is 28.4 Å². The molecule has 6 aromatic carbocycles. The monoisotopic (exact) mass is 978 g/mol. The van der Waals surface area contributed by atoms with Gasteiger partial charge in [-0.1, -0.05) is 152 Å². The van der Waals surface area contributed by atoms with E-state index in [1.165, 1.54) is 16.7 Å². The van der Waals surface area contributed by atoms with Crippen LogP contribution in [0.15, 0.2) is 164 Å². The Morgan fingerprint density at radius 2 is 1.25 bits per heavy atom. The fraction of sp³-hybridized carbons (Fsp3) is 0.200. The van der Waals surface area contributed by atoms with Gasteiger partial charge in [-0.15, -0.1) is 53.6 Å². The van der Waals surface area contributed by atoms with E-state index in [1.54, 1.807) is 0 Å². The number of pyridine rings is 1. The Balaban J connectivity index is 0.00000514. The van der Waals surface area contributed by atoms with E-state index in [0.717, 1.165) is 55.8 Å². The van der Waals surface area contributed by atoms with Crippen molar-refractivity contribution < 1.29 is 25.8 Å². The van der Waals surface area contributed by atoms with E-state index < -0.39 is 0 Å². The summed E-state index contributed by atoms with van der Waals surface area (Å²) in [6.45, 7) is 20.3. The average molecular weight is 979 g/mol. The zero-order valence-corrected chi connectivity index (χ0v) is 38.4. The van der Waals surface area contributed by atoms with Crippen molar-refractivity contribution in [2.75, 3.05) is 9.80 Å². The molecule has 310 valence electrons. The molecule has 0 aliphatic carbocycles. The maximum Gasteiger partial charge on any atom is 0.135 e. The van der Waals surface area contributed by atoms with Crippen molar-refractivity contribution in [1.29, 1.82) is 0 Å². The topological polar surface area (TPSA) is 33.5 Å². The van der Waals surface area contributed by atoms with Gasteiger partial charge >= 0.3 is 0 Å². The first-order chi connectivity index (χ1) is 28.7.